The van der Waals surface area contributed by atoms with Gasteiger partial charge in [0.1, 0.15) is 12.7 Å². The minimum Gasteiger partial charge on any atom is -0.463 e. The summed E-state index contributed by atoms with van der Waals surface area (Å²) in [6, 6.07) is 0. The van der Waals surface area contributed by atoms with Gasteiger partial charge in [-0.25, -0.2) is 4.57 Å². The summed E-state index contributed by atoms with van der Waals surface area (Å²) in [5.41, 5.74) is 0. The van der Waals surface area contributed by atoms with E-state index in [1.165, 1.54) is 96.3 Å². The van der Waals surface area contributed by atoms with Gasteiger partial charge in [0.25, 0.3) is 0 Å². The van der Waals surface area contributed by atoms with Crippen molar-refractivity contribution in [2.75, 3.05) is 26.4 Å². The minimum atomic E-state index is -4.43. The van der Waals surface area contributed by atoms with Crippen LogP contribution >= 0.6 is 7.82 Å². The van der Waals surface area contributed by atoms with Gasteiger partial charge in [0.15, 0.2) is 0 Å². The lowest BCUT2D eigenvalue weighted by molar-refractivity contribution is -0.147. The van der Waals surface area contributed by atoms with E-state index < -0.39 is 26.5 Å². The molecule has 0 spiro atoms. The van der Waals surface area contributed by atoms with E-state index in [0.717, 1.165) is 83.5 Å². The number of carbonyl (C=O) groups excluding carboxylic acids is 2. The summed E-state index contributed by atoms with van der Waals surface area (Å²) >= 11 is 0. The number of amides is 1. The second-order valence-electron chi connectivity index (χ2n) is 16.4. The van der Waals surface area contributed by atoms with Crippen LogP contribution in [0.3, 0.4) is 0 Å². The van der Waals surface area contributed by atoms with Gasteiger partial charge >= 0.3 is 13.8 Å². The maximum atomic E-state index is 12.1. The molecule has 9 nitrogen and oxygen atoms in total. The van der Waals surface area contributed by atoms with Crippen molar-refractivity contribution in [3.63, 3.8) is 0 Å². The zero-order chi connectivity index (χ0) is 46.0. The standard InChI is InChI=1S/C53H92NO8P/c1-3-5-7-9-11-13-15-17-19-21-23-24-25-26-28-29-31-33-35-37-39-41-43-45-52(56)54-47-48-61-63(58,59)62-50-51(55)49-60-53(57)46-44-42-40-38-36-34-32-30-27-22-20-18-16-14-12-10-8-6-4-2/h5,7,11-14,17-20,23-24,26,28,51,55H,3-4,6,8-10,15-16,21-22,25,27,29-50H2,1-2H3,(H,54,56)(H,58,59)/b7-5-,13-11-,14-12-,19-17-,20-18-,24-23-,28-26-. The van der Waals surface area contributed by atoms with E-state index >= 15 is 0 Å². The number of unbranched alkanes of at least 4 members (excludes halogenated alkanes) is 19. The molecule has 0 heterocycles. The molecule has 2 unspecified atom stereocenters. The van der Waals surface area contributed by atoms with Crippen LogP contribution in [-0.2, 0) is 27.9 Å². The van der Waals surface area contributed by atoms with Crippen LogP contribution in [0, 0.1) is 0 Å². The van der Waals surface area contributed by atoms with Crippen molar-refractivity contribution < 1.29 is 37.9 Å². The Bertz CT molecular complexity index is 1300. The number of hydrogen-bond acceptors (Lipinski definition) is 7. The van der Waals surface area contributed by atoms with Crippen molar-refractivity contribution in [2.24, 2.45) is 0 Å². The Morgan fingerprint density at radius 3 is 1.37 bits per heavy atom. The number of hydrogen-bond donors (Lipinski definition) is 3. The second-order valence-corrected chi connectivity index (χ2v) is 17.9. The van der Waals surface area contributed by atoms with Crippen LogP contribution in [-0.4, -0.2) is 54.3 Å². The molecule has 0 aromatic rings. The zero-order valence-corrected chi connectivity index (χ0v) is 40.9. The topological polar surface area (TPSA) is 131 Å². The highest BCUT2D eigenvalue weighted by Gasteiger charge is 2.23. The van der Waals surface area contributed by atoms with E-state index in [1.54, 1.807) is 0 Å². The van der Waals surface area contributed by atoms with Gasteiger partial charge in [-0.15, -0.1) is 0 Å². The molecule has 0 aliphatic rings. The molecule has 0 aromatic heterocycles. The van der Waals surface area contributed by atoms with Gasteiger partial charge in [-0.1, -0.05) is 189 Å². The smallest absolute Gasteiger partial charge is 0.463 e. The van der Waals surface area contributed by atoms with Gasteiger partial charge in [-0.05, 0) is 89.9 Å². The lowest BCUT2D eigenvalue weighted by atomic mass is 10.1. The fraction of sp³-hybridized carbons (Fsp3) is 0.698. The van der Waals surface area contributed by atoms with Crippen molar-refractivity contribution in [1.29, 1.82) is 0 Å². The molecule has 0 bridgehead atoms. The monoisotopic (exact) mass is 902 g/mol. The Hall–Kier alpha value is -2.81. The summed E-state index contributed by atoms with van der Waals surface area (Å²) < 4.78 is 27.0. The molecular formula is C53H92NO8P. The zero-order valence-electron chi connectivity index (χ0n) is 40.0. The van der Waals surface area contributed by atoms with E-state index in [0.29, 0.717) is 6.42 Å². The average Bonchev–Trinajstić information content (AvgIpc) is 3.27. The molecule has 1 amide bonds. The first kappa shape index (κ1) is 60.2. The maximum Gasteiger partial charge on any atom is 0.472 e. The Balaban J connectivity index is 3.61. The number of allylic oxidation sites excluding steroid dienone is 14. The van der Waals surface area contributed by atoms with Crippen molar-refractivity contribution >= 4 is 19.7 Å². The van der Waals surface area contributed by atoms with Crippen LogP contribution in [0.1, 0.15) is 206 Å². The summed E-state index contributed by atoms with van der Waals surface area (Å²) in [7, 11) is -4.43. The van der Waals surface area contributed by atoms with Gasteiger partial charge in [-0.3, -0.25) is 18.6 Å². The molecule has 0 saturated heterocycles. The Morgan fingerprint density at radius 1 is 0.508 bits per heavy atom. The highest BCUT2D eigenvalue weighted by atomic mass is 31.2. The number of aliphatic hydroxyl groups is 1. The fourth-order valence-electron chi connectivity index (χ4n) is 6.55. The minimum absolute atomic E-state index is 0.0702. The van der Waals surface area contributed by atoms with E-state index in [9.17, 15) is 24.2 Å². The van der Waals surface area contributed by atoms with Gasteiger partial charge in [-0.2, -0.15) is 0 Å². The van der Waals surface area contributed by atoms with Crippen molar-refractivity contribution in [3.05, 3.63) is 85.1 Å². The highest BCUT2D eigenvalue weighted by molar-refractivity contribution is 7.47. The first-order valence-electron chi connectivity index (χ1n) is 25.1. The molecule has 0 rings (SSSR count). The molecule has 3 N–H and O–H groups in total. The lowest BCUT2D eigenvalue weighted by Crippen LogP contribution is -2.27. The molecule has 2 atom stereocenters. The fourth-order valence-corrected chi connectivity index (χ4v) is 7.31. The number of rotatable bonds is 46. The Morgan fingerprint density at radius 2 is 0.905 bits per heavy atom. The molecule has 63 heavy (non-hydrogen) atoms. The Labute approximate surface area is 385 Å². The normalized spacial score (nSPS) is 13.9. The third kappa shape index (κ3) is 50.1. The van der Waals surface area contributed by atoms with E-state index in [2.05, 4.69) is 104 Å². The SMILES string of the molecule is CC/C=C\C/C=C\C/C=C\C/C=C\C/C=C\CCCCCCCCCC(=O)NCCOP(=O)(O)OCC(O)COC(=O)CCCCCCCCCCC/C=C\C/C=C\CCCCC. The van der Waals surface area contributed by atoms with Crippen molar-refractivity contribution in [2.45, 2.75) is 213 Å². The van der Waals surface area contributed by atoms with E-state index in [-0.39, 0.29) is 32.1 Å². The van der Waals surface area contributed by atoms with Crippen LogP contribution < -0.4 is 5.32 Å². The van der Waals surface area contributed by atoms with Crippen LogP contribution in [0.4, 0.5) is 0 Å². The van der Waals surface area contributed by atoms with Gasteiger partial charge in [0.05, 0.1) is 13.2 Å². The number of aliphatic hydroxyl groups excluding tert-OH is 1. The first-order chi connectivity index (χ1) is 30.8. The molecule has 0 aliphatic carbocycles. The van der Waals surface area contributed by atoms with Crippen LogP contribution in [0.15, 0.2) is 85.1 Å². The summed E-state index contributed by atoms with van der Waals surface area (Å²) in [4.78, 5) is 34.1. The summed E-state index contributed by atoms with van der Waals surface area (Å²) in [5.74, 6) is -0.535. The third-order valence-electron chi connectivity index (χ3n) is 10.3. The van der Waals surface area contributed by atoms with Gasteiger partial charge < -0.3 is 20.1 Å². The number of nitrogens with one attached hydrogen (secondary N) is 1. The predicted molar refractivity (Wildman–Crippen MR) is 266 cm³/mol. The molecule has 0 aromatic carbocycles. The molecule has 0 fully saturated rings. The van der Waals surface area contributed by atoms with Gasteiger partial charge in [0, 0.05) is 19.4 Å². The third-order valence-corrected chi connectivity index (χ3v) is 11.3. The molecule has 0 aliphatic heterocycles. The van der Waals surface area contributed by atoms with E-state index in [1.807, 2.05) is 0 Å². The second kappa shape index (κ2) is 48.6. The number of phosphoric ester groups is 1. The molecule has 362 valence electrons. The number of phosphoric acid groups is 1. The number of esters is 1. The highest BCUT2D eigenvalue weighted by Crippen LogP contribution is 2.42. The summed E-state index contributed by atoms with van der Waals surface area (Å²) in [5, 5.41) is 12.7. The predicted octanol–water partition coefficient (Wildman–Crippen LogP) is 14.8. The summed E-state index contributed by atoms with van der Waals surface area (Å²) in [6.45, 7) is 3.40. The summed E-state index contributed by atoms with van der Waals surface area (Å²) in [6.07, 6.45) is 62.3. The quantitative estimate of drug-likeness (QED) is 0.0238. The van der Waals surface area contributed by atoms with Crippen LogP contribution in [0.2, 0.25) is 0 Å². The van der Waals surface area contributed by atoms with Crippen LogP contribution in [0.5, 0.6) is 0 Å². The molecule has 10 heteroatoms. The lowest BCUT2D eigenvalue weighted by Gasteiger charge is -2.15. The van der Waals surface area contributed by atoms with Crippen molar-refractivity contribution in [3.8, 4) is 0 Å². The molecular weight excluding hydrogens is 810 g/mol. The number of ether oxygens (including phenoxy) is 1. The largest absolute Gasteiger partial charge is 0.472 e. The molecule has 0 radical (unpaired) electrons. The molecule has 0 saturated carbocycles. The average molecular weight is 902 g/mol. The first-order valence-corrected chi connectivity index (χ1v) is 26.6. The van der Waals surface area contributed by atoms with Crippen LogP contribution in [0.25, 0.3) is 0 Å². The van der Waals surface area contributed by atoms with E-state index in [4.69, 9.17) is 13.8 Å². The van der Waals surface area contributed by atoms with Gasteiger partial charge in [0.2, 0.25) is 5.91 Å². The number of carbonyl (C=O) groups is 2. The van der Waals surface area contributed by atoms with Crippen molar-refractivity contribution in [1.82, 2.24) is 5.32 Å². The Kier molecular flexibility index (Phi) is 46.5. The maximum absolute atomic E-state index is 12.1.